The van der Waals surface area contributed by atoms with E-state index >= 15 is 0 Å². The first-order valence-electron chi connectivity index (χ1n) is 6.28. The molecule has 1 aliphatic rings. The Morgan fingerprint density at radius 2 is 2.16 bits per heavy atom. The maximum atomic E-state index is 12.2. The van der Waals surface area contributed by atoms with Gasteiger partial charge < -0.3 is 14.7 Å². The molecule has 102 valence electrons. The third-order valence-electron chi connectivity index (χ3n) is 3.28. The molecular weight excluding hydrogens is 246 g/mol. The molecule has 0 saturated carbocycles. The lowest BCUT2D eigenvalue weighted by atomic mass is 10.0. The summed E-state index contributed by atoms with van der Waals surface area (Å²) in [6, 6.07) is 6.66. The number of benzene rings is 1. The normalized spacial score (nSPS) is 19.2. The largest absolute Gasteiger partial charge is 0.478 e. The second-order valence-electron chi connectivity index (χ2n) is 4.65. The van der Waals surface area contributed by atoms with Crippen LogP contribution in [0.3, 0.4) is 0 Å². The van der Waals surface area contributed by atoms with Gasteiger partial charge in [0, 0.05) is 6.54 Å². The average molecular weight is 263 g/mol. The van der Waals surface area contributed by atoms with E-state index in [2.05, 4.69) is 0 Å². The first-order chi connectivity index (χ1) is 9.09. The van der Waals surface area contributed by atoms with Crippen LogP contribution in [-0.4, -0.2) is 47.7 Å². The van der Waals surface area contributed by atoms with Gasteiger partial charge in [0.2, 0.25) is 5.91 Å². The van der Waals surface area contributed by atoms with Crippen LogP contribution in [0.5, 0.6) is 0 Å². The van der Waals surface area contributed by atoms with E-state index in [1.54, 1.807) is 23.1 Å². The second-order valence-corrected chi connectivity index (χ2v) is 4.65. The van der Waals surface area contributed by atoms with Gasteiger partial charge in [-0.2, -0.15) is 0 Å². The number of amides is 1. The molecule has 1 atom stereocenters. The van der Waals surface area contributed by atoms with Crippen molar-refractivity contribution in [3.63, 3.8) is 0 Å². The van der Waals surface area contributed by atoms with E-state index in [1.165, 1.54) is 6.07 Å². The van der Waals surface area contributed by atoms with Crippen molar-refractivity contribution in [3.8, 4) is 0 Å². The zero-order valence-electron chi connectivity index (χ0n) is 10.8. The summed E-state index contributed by atoms with van der Waals surface area (Å²) in [7, 11) is 0. The van der Waals surface area contributed by atoms with Crippen molar-refractivity contribution in [1.82, 2.24) is 4.90 Å². The number of morpholine rings is 1. The second kappa shape index (κ2) is 5.84. The van der Waals surface area contributed by atoms with E-state index in [0.717, 1.165) is 0 Å². The van der Waals surface area contributed by atoms with Crippen molar-refractivity contribution in [2.75, 3.05) is 19.8 Å². The molecule has 1 heterocycles. The third kappa shape index (κ3) is 3.12. The Bertz CT molecular complexity index is 486. The standard InChI is InChI=1S/C14H17NO4/c1-10-9-19-7-6-15(10)13(16)8-11-4-2-3-5-12(11)14(17)18/h2-5,10H,6-9H2,1H3,(H,17,18)/t10-/m1/s1. The quantitative estimate of drug-likeness (QED) is 0.889. The molecule has 1 aromatic carbocycles. The fourth-order valence-electron chi connectivity index (χ4n) is 2.25. The van der Waals surface area contributed by atoms with Crippen molar-refractivity contribution in [2.24, 2.45) is 0 Å². The van der Waals surface area contributed by atoms with Gasteiger partial charge in [0.25, 0.3) is 0 Å². The molecule has 0 aliphatic carbocycles. The van der Waals surface area contributed by atoms with Crippen LogP contribution >= 0.6 is 0 Å². The smallest absolute Gasteiger partial charge is 0.335 e. The Kier molecular flexibility index (Phi) is 4.16. The van der Waals surface area contributed by atoms with Gasteiger partial charge in [-0.1, -0.05) is 18.2 Å². The van der Waals surface area contributed by atoms with Crippen LogP contribution in [0.1, 0.15) is 22.8 Å². The number of carbonyl (C=O) groups excluding carboxylic acids is 1. The maximum absolute atomic E-state index is 12.2. The van der Waals surface area contributed by atoms with E-state index < -0.39 is 5.97 Å². The molecule has 5 heteroatoms. The van der Waals surface area contributed by atoms with E-state index in [1.807, 2.05) is 6.92 Å². The van der Waals surface area contributed by atoms with Crippen molar-refractivity contribution in [1.29, 1.82) is 0 Å². The fraction of sp³-hybridized carbons (Fsp3) is 0.429. The highest BCUT2D eigenvalue weighted by atomic mass is 16.5. The van der Waals surface area contributed by atoms with Crippen molar-refractivity contribution < 1.29 is 19.4 Å². The number of hydrogen-bond acceptors (Lipinski definition) is 3. The lowest BCUT2D eigenvalue weighted by molar-refractivity contribution is -0.138. The maximum Gasteiger partial charge on any atom is 0.335 e. The van der Waals surface area contributed by atoms with Crippen molar-refractivity contribution in [2.45, 2.75) is 19.4 Å². The monoisotopic (exact) mass is 263 g/mol. The summed E-state index contributed by atoms with van der Waals surface area (Å²) in [5.41, 5.74) is 0.746. The van der Waals surface area contributed by atoms with Crippen LogP contribution in [0.15, 0.2) is 24.3 Å². The van der Waals surface area contributed by atoms with Gasteiger partial charge in [0.1, 0.15) is 0 Å². The molecule has 1 fully saturated rings. The van der Waals surface area contributed by atoms with Gasteiger partial charge in [-0.15, -0.1) is 0 Å². The van der Waals surface area contributed by atoms with Crippen LogP contribution in [-0.2, 0) is 16.0 Å². The zero-order chi connectivity index (χ0) is 13.8. The average Bonchev–Trinajstić information content (AvgIpc) is 2.39. The Hall–Kier alpha value is -1.88. The molecule has 0 aromatic heterocycles. The van der Waals surface area contributed by atoms with Crippen LogP contribution in [0.4, 0.5) is 0 Å². The van der Waals surface area contributed by atoms with E-state index in [0.29, 0.717) is 25.3 Å². The van der Waals surface area contributed by atoms with E-state index in [-0.39, 0.29) is 23.9 Å². The molecule has 1 saturated heterocycles. The molecule has 0 spiro atoms. The molecule has 0 unspecified atom stereocenters. The third-order valence-corrected chi connectivity index (χ3v) is 3.28. The zero-order valence-corrected chi connectivity index (χ0v) is 10.8. The molecule has 1 amide bonds. The number of nitrogens with zero attached hydrogens (tertiary/aromatic N) is 1. The van der Waals surface area contributed by atoms with Gasteiger partial charge in [-0.3, -0.25) is 4.79 Å². The summed E-state index contributed by atoms with van der Waals surface area (Å²) in [5, 5.41) is 9.10. The Labute approximate surface area is 111 Å². The highest BCUT2D eigenvalue weighted by Crippen LogP contribution is 2.13. The number of hydrogen-bond donors (Lipinski definition) is 1. The lowest BCUT2D eigenvalue weighted by Crippen LogP contribution is -2.47. The topological polar surface area (TPSA) is 66.8 Å². The Balaban J connectivity index is 2.12. The number of ether oxygens (including phenoxy) is 1. The van der Waals surface area contributed by atoms with Crippen molar-refractivity contribution >= 4 is 11.9 Å². The van der Waals surface area contributed by atoms with Crippen LogP contribution in [0.2, 0.25) is 0 Å². The summed E-state index contributed by atoms with van der Waals surface area (Å²) in [6.45, 7) is 3.57. The number of carboxylic acid groups (broad SMARTS) is 1. The molecule has 0 radical (unpaired) electrons. The Morgan fingerprint density at radius 3 is 2.84 bits per heavy atom. The van der Waals surface area contributed by atoms with Gasteiger partial charge in [0.15, 0.2) is 0 Å². The minimum absolute atomic E-state index is 0.0400. The van der Waals surface area contributed by atoms with E-state index in [9.17, 15) is 9.59 Å². The fourth-order valence-corrected chi connectivity index (χ4v) is 2.25. The molecule has 19 heavy (non-hydrogen) atoms. The molecule has 1 N–H and O–H groups in total. The minimum atomic E-state index is -1.00. The first kappa shape index (κ1) is 13.5. The molecule has 2 rings (SSSR count). The first-order valence-corrected chi connectivity index (χ1v) is 6.28. The summed E-state index contributed by atoms with van der Waals surface area (Å²) in [5.74, 6) is -1.05. The van der Waals surface area contributed by atoms with Crippen LogP contribution in [0, 0.1) is 0 Å². The summed E-state index contributed by atoms with van der Waals surface area (Å²) >= 11 is 0. The number of aromatic carboxylic acids is 1. The summed E-state index contributed by atoms with van der Waals surface area (Å²) in [4.78, 5) is 25.1. The van der Waals surface area contributed by atoms with Gasteiger partial charge in [0.05, 0.1) is 31.2 Å². The van der Waals surface area contributed by atoms with Crippen LogP contribution < -0.4 is 0 Å². The molecule has 1 aromatic rings. The van der Waals surface area contributed by atoms with Gasteiger partial charge >= 0.3 is 5.97 Å². The lowest BCUT2D eigenvalue weighted by Gasteiger charge is -2.33. The molecule has 1 aliphatic heterocycles. The SMILES string of the molecule is C[C@@H]1COCCN1C(=O)Cc1ccccc1C(=O)O. The Morgan fingerprint density at radius 1 is 1.42 bits per heavy atom. The van der Waals surface area contributed by atoms with E-state index in [4.69, 9.17) is 9.84 Å². The highest BCUT2D eigenvalue weighted by Gasteiger charge is 2.24. The predicted molar refractivity (Wildman–Crippen MR) is 69.1 cm³/mol. The summed E-state index contributed by atoms with van der Waals surface area (Å²) < 4.78 is 5.29. The number of rotatable bonds is 3. The predicted octanol–water partition coefficient (Wildman–Crippen LogP) is 1.17. The summed E-state index contributed by atoms with van der Waals surface area (Å²) in [6.07, 6.45) is 0.118. The van der Waals surface area contributed by atoms with Gasteiger partial charge in [-0.05, 0) is 18.6 Å². The molecular formula is C14H17NO4. The van der Waals surface area contributed by atoms with Crippen molar-refractivity contribution in [3.05, 3.63) is 35.4 Å². The minimum Gasteiger partial charge on any atom is -0.478 e. The van der Waals surface area contributed by atoms with Gasteiger partial charge in [-0.25, -0.2) is 4.79 Å². The number of carbonyl (C=O) groups is 2. The molecule has 0 bridgehead atoms. The van der Waals surface area contributed by atoms with Crippen LogP contribution in [0.25, 0.3) is 0 Å². The number of carboxylic acids is 1. The molecule has 5 nitrogen and oxygen atoms in total. The highest BCUT2D eigenvalue weighted by molar-refractivity contribution is 5.91.